The number of amides is 1. The number of ketones is 1. The summed E-state index contributed by atoms with van der Waals surface area (Å²) < 4.78 is 5.06. The van der Waals surface area contributed by atoms with Gasteiger partial charge in [-0.2, -0.15) is 0 Å². The van der Waals surface area contributed by atoms with Crippen LogP contribution >= 0.6 is 11.8 Å². The van der Waals surface area contributed by atoms with Gasteiger partial charge < -0.3 is 9.64 Å². The number of carbonyl (C=O) groups is 3. The zero-order chi connectivity index (χ0) is 19.6. The van der Waals surface area contributed by atoms with Crippen molar-refractivity contribution in [3.63, 3.8) is 0 Å². The number of aromatic nitrogens is 2. The first-order valence-electron chi connectivity index (χ1n) is 8.37. The van der Waals surface area contributed by atoms with Gasteiger partial charge in [-0.25, -0.2) is 9.97 Å². The summed E-state index contributed by atoms with van der Waals surface area (Å²) in [5, 5.41) is 0.503. The van der Waals surface area contributed by atoms with Crippen LogP contribution in [0.5, 0.6) is 0 Å². The van der Waals surface area contributed by atoms with Crippen molar-refractivity contribution in [2.24, 2.45) is 0 Å². The van der Waals surface area contributed by atoms with Crippen LogP contribution in [0, 0.1) is 13.8 Å². The number of benzene rings is 1. The van der Waals surface area contributed by atoms with Crippen molar-refractivity contribution in [3.8, 4) is 0 Å². The molecule has 0 unspecified atom stereocenters. The summed E-state index contributed by atoms with van der Waals surface area (Å²) in [6, 6.07) is 6.92. The van der Waals surface area contributed by atoms with Gasteiger partial charge in [0.2, 0.25) is 5.91 Å². The number of Topliss-reactive ketones (excluding diaryl/α,β-unsaturated/α-hetero) is 1. The van der Waals surface area contributed by atoms with E-state index >= 15 is 0 Å². The number of ether oxygens (including phenoxy) is 1. The Bertz CT molecular complexity index is 909. The van der Waals surface area contributed by atoms with E-state index in [1.54, 1.807) is 30.1 Å². The maximum Gasteiger partial charge on any atom is 0.316 e. The molecule has 3 rings (SSSR count). The van der Waals surface area contributed by atoms with Gasteiger partial charge in [0.15, 0.2) is 17.5 Å². The molecule has 140 valence electrons. The highest BCUT2D eigenvalue weighted by molar-refractivity contribution is 7.99. The van der Waals surface area contributed by atoms with Gasteiger partial charge in [-0.05, 0) is 43.7 Å². The number of hydrogen-bond acceptors (Lipinski definition) is 7. The molecule has 0 bridgehead atoms. The second-order valence-electron chi connectivity index (χ2n) is 6.28. The number of carbonyl (C=O) groups excluding carboxylic acids is 3. The number of aryl methyl sites for hydroxylation is 2. The molecule has 27 heavy (non-hydrogen) atoms. The predicted octanol–water partition coefficient (Wildman–Crippen LogP) is 2.13. The maximum atomic E-state index is 12.3. The minimum atomic E-state index is -0.507. The van der Waals surface area contributed by atoms with E-state index in [9.17, 15) is 14.4 Å². The van der Waals surface area contributed by atoms with E-state index in [1.165, 1.54) is 11.8 Å². The minimum absolute atomic E-state index is 0.00773. The van der Waals surface area contributed by atoms with Gasteiger partial charge in [0, 0.05) is 29.7 Å². The van der Waals surface area contributed by atoms with Crippen LogP contribution in [-0.2, 0) is 20.7 Å². The lowest BCUT2D eigenvalue weighted by Crippen LogP contribution is -2.20. The molecule has 0 atom stereocenters. The zero-order valence-electron chi connectivity index (χ0n) is 15.3. The maximum absolute atomic E-state index is 12.3. The van der Waals surface area contributed by atoms with Crippen LogP contribution in [0.4, 0.5) is 5.69 Å². The average molecular weight is 385 g/mol. The van der Waals surface area contributed by atoms with Gasteiger partial charge in [-0.15, -0.1) is 0 Å². The molecule has 0 saturated heterocycles. The summed E-state index contributed by atoms with van der Waals surface area (Å²) >= 11 is 1.17. The Labute approximate surface area is 161 Å². The first kappa shape index (κ1) is 19.0. The number of rotatable bonds is 6. The van der Waals surface area contributed by atoms with Gasteiger partial charge in [0.25, 0.3) is 0 Å². The number of fused-ring (bicyclic) bond motifs is 1. The van der Waals surface area contributed by atoms with E-state index in [4.69, 9.17) is 4.74 Å². The Morgan fingerprint density at radius 1 is 1.19 bits per heavy atom. The molecule has 0 fully saturated rings. The van der Waals surface area contributed by atoms with Crippen LogP contribution in [-0.4, -0.2) is 47.0 Å². The van der Waals surface area contributed by atoms with Crippen molar-refractivity contribution < 1.29 is 19.1 Å². The number of thioether (sulfide) groups is 1. The highest BCUT2D eigenvalue weighted by Crippen LogP contribution is 2.28. The molecule has 0 radical (unpaired) electrons. The third-order valence-electron chi connectivity index (χ3n) is 4.12. The molecular weight excluding hydrogens is 366 g/mol. The molecule has 7 nitrogen and oxygen atoms in total. The van der Waals surface area contributed by atoms with Crippen LogP contribution in [0.25, 0.3) is 0 Å². The minimum Gasteiger partial charge on any atom is -0.457 e. The number of esters is 1. The Balaban J connectivity index is 1.52. The second-order valence-corrected chi connectivity index (χ2v) is 7.22. The molecule has 2 heterocycles. The first-order chi connectivity index (χ1) is 12.8. The zero-order valence-corrected chi connectivity index (χ0v) is 16.1. The fourth-order valence-corrected chi connectivity index (χ4v) is 3.54. The molecule has 8 heteroatoms. The van der Waals surface area contributed by atoms with E-state index in [-0.39, 0.29) is 30.5 Å². The molecular formula is C19H19N3O4S. The van der Waals surface area contributed by atoms with Crippen LogP contribution in [0.1, 0.15) is 27.3 Å². The van der Waals surface area contributed by atoms with E-state index in [0.717, 1.165) is 22.6 Å². The lowest BCUT2D eigenvalue weighted by atomic mass is 10.1. The highest BCUT2D eigenvalue weighted by atomic mass is 32.2. The van der Waals surface area contributed by atoms with E-state index in [0.29, 0.717) is 10.7 Å². The fraction of sp³-hybridized carbons (Fsp3) is 0.316. The van der Waals surface area contributed by atoms with Crippen molar-refractivity contribution >= 4 is 35.1 Å². The van der Waals surface area contributed by atoms with E-state index in [2.05, 4.69) is 9.97 Å². The molecule has 1 aromatic carbocycles. The number of hydrogen-bond donors (Lipinski definition) is 0. The van der Waals surface area contributed by atoms with Gasteiger partial charge in [0.05, 0.1) is 12.2 Å². The van der Waals surface area contributed by atoms with Crippen molar-refractivity contribution in [2.45, 2.75) is 25.4 Å². The summed E-state index contributed by atoms with van der Waals surface area (Å²) in [5.74, 6) is -0.792. The van der Waals surface area contributed by atoms with Crippen molar-refractivity contribution in [1.82, 2.24) is 9.97 Å². The molecule has 0 saturated carbocycles. The largest absolute Gasteiger partial charge is 0.457 e. The number of anilines is 1. The molecule has 1 aromatic heterocycles. The van der Waals surface area contributed by atoms with E-state index < -0.39 is 5.97 Å². The monoisotopic (exact) mass is 385 g/mol. The normalized spacial score (nSPS) is 12.9. The summed E-state index contributed by atoms with van der Waals surface area (Å²) in [4.78, 5) is 45.9. The third-order valence-corrected chi connectivity index (χ3v) is 4.94. The molecule has 0 spiro atoms. The van der Waals surface area contributed by atoms with Crippen molar-refractivity contribution in [3.05, 3.63) is 46.8 Å². The second kappa shape index (κ2) is 7.87. The highest BCUT2D eigenvalue weighted by Gasteiger charge is 2.25. The van der Waals surface area contributed by atoms with Crippen LogP contribution in [0.2, 0.25) is 0 Å². The standard InChI is InChI=1S/C19H19N3O4S/c1-11-6-12(2)21-19(20-11)27-10-18(25)26-9-16(23)13-4-5-15-14(7-13)8-17(24)22(15)3/h4-7H,8-10H2,1-3H3. The smallest absolute Gasteiger partial charge is 0.316 e. The number of nitrogens with zero attached hydrogens (tertiary/aromatic N) is 3. The van der Waals surface area contributed by atoms with Crippen molar-refractivity contribution in [1.29, 1.82) is 0 Å². The molecule has 1 aliphatic rings. The SMILES string of the molecule is Cc1cc(C)nc(SCC(=O)OCC(=O)c2ccc3c(c2)CC(=O)N3C)n1. The van der Waals surface area contributed by atoms with Crippen LogP contribution in [0.15, 0.2) is 29.4 Å². The number of likely N-dealkylation sites (N-methyl/N-ethyl adjacent to an activating group) is 1. The van der Waals surface area contributed by atoms with Gasteiger partial charge in [-0.3, -0.25) is 14.4 Å². The van der Waals surface area contributed by atoms with Crippen molar-refractivity contribution in [2.75, 3.05) is 24.3 Å². The third kappa shape index (κ3) is 4.51. The Morgan fingerprint density at radius 3 is 2.59 bits per heavy atom. The van der Waals surface area contributed by atoms with Crippen LogP contribution < -0.4 is 4.90 Å². The quantitative estimate of drug-likeness (QED) is 0.326. The predicted molar refractivity (Wildman–Crippen MR) is 101 cm³/mol. The topological polar surface area (TPSA) is 89.5 Å². The van der Waals surface area contributed by atoms with Gasteiger partial charge >= 0.3 is 5.97 Å². The lowest BCUT2D eigenvalue weighted by Gasteiger charge is -2.10. The Morgan fingerprint density at radius 2 is 1.89 bits per heavy atom. The van der Waals surface area contributed by atoms with Crippen LogP contribution in [0.3, 0.4) is 0 Å². The summed E-state index contributed by atoms with van der Waals surface area (Å²) in [7, 11) is 1.70. The first-order valence-corrected chi connectivity index (χ1v) is 9.35. The summed E-state index contributed by atoms with van der Waals surface area (Å²) in [5.41, 5.74) is 3.69. The van der Waals surface area contributed by atoms with Gasteiger partial charge in [-0.1, -0.05) is 11.8 Å². The average Bonchev–Trinajstić information content (AvgIpc) is 2.90. The lowest BCUT2D eigenvalue weighted by molar-refractivity contribution is -0.139. The molecule has 1 amide bonds. The summed E-state index contributed by atoms with van der Waals surface area (Å²) in [6.07, 6.45) is 0.277. The molecule has 0 N–H and O–H groups in total. The fourth-order valence-electron chi connectivity index (χ4n) is 2.80. The summed E-state index contributed by atoms with van der Waals surface area (Å²) in [6.45, 7) is 3.38. The Hall–Kier alpha value is -2.74. The molecule has 0 aliphatic carbocycles. The molecule has 2 aromatic rings. The Kier molecular flexibility index (Phi) is 5.55. The van der Waals surface area contributed by atoms with Gasteiger partial charge in [0.1, 0.15) is 0 Å². The van der Waals surface area contributed by atoms with E-state index in [1.807, 2.05) is 19.9 Å². The molecule has 1 aliphatic heterocycles.